The van der Waals surface area contributed by atoms with Crippen LogP contribution >= 0.6 is 22.7 Å². The third-order valence-corrected chi connectivity index (χ3v) is 8.33. The summed E-state index contributed by atoms with van der Waals surface area (Å²) in [4.78, 5) is 9.65. The fourth-order valence-corrected chi connectivity index (χ4v) is 5.85. The first-order valence-corrected chi connectivity index (χ1v) is 14.9. The van der Waals surface area contributed by atoms with E-state index in [2.05, 4.69) is 94.4 Å². The summed E-state index contributed by atoms with van der Waals surface area (Å²) >= 11 is 3.32. The van der Waals surface area contributed by atoms with Crippen molar-refractivity contribution in [1.82, 2.24) is 9.97 Å². The zero-order chi connectivity index (χ0) is 26.5. The third-order valence-electron chi connectivity index (χ3n) is 6.31. The van der Waals surface area contributed by atoms with Gasteiger partial charge in [0.2, 0.25) is 0 Å². The van der Waals surface area contributed by atoms with Crippen LogP contribution in [0.5, 0.6) is 10.9 Å². The van der Waals surface area contributed by atoms with E-state index in [1.807, 2.05) is 6.07 Å². The Morgan fingerprint density at radius 1 is 0.737 bits per heavy atom. The Hall–Kier alpha value is -3.22. The van der Waals surface area contributed by atoms with Crippen LogP contribution in [0.2, 0.25) is 0 Å². The molecule has 3 aromatic carbocycles. The number of aromatic nitrogens is 2. The summed E-state index contributed by atoms with van der Waals surface area (Å²) in [6.45, 7) is 10.2. The van der Waals surface area contributed by atoms with E-state index in [0.717, 1.165) is 61.2 Å². The Labute approximate surface area is 233 Å². The highest BCUT2D eigenvalue weighted by Gasteiger charge is 2.14. The van der Waals surface area contributed by atoms with Crippen LogP contribution in [0.25, 0.3) is 43.2 Å². The highest BCUT2D eigenvalue weighted by atomic mass is 32.1. The van der Waals surface area contributed by atoms with Gasteiger partial charge >= 0.3 is 0 Å². The molecule has 6 heteroatoms. The van der Waals surface area contributed by atoms with Crippen molar-refractivity contribution in [2.45, 2.75) is 40.5 Å². The molecule has 38 heavy (non-hydrogen) atoms. The normalized spacial score (nSPS) is 11.9. The third kappa shape index (κ3) is 6.43. The molecule has 0 radical (unpaired) electrons. The first kappa shape index (κ1) is 26.4. The average molecular weight is 543 g/mol. The highest BCUT2D eigenvalue weighted by Crippen LogP contribution is 2.36. The lowest BCUT2D eigenvalue weighted by Gasteiger charge is -2.11. The van der Waals surface area contributed by atoms with Crippen molar-refractivity contribution in [2.75, 3.05) is 13.2 Å². The van der Waals surface area contributed by atoms with E-state index >= 15 is 0 Å². The van der Waals surface area contributed by atoms with Gasteiger partial charge < -0.3 is 9.47 Å². The summed E-state index contributed by atoms with van der Waals surface area (Å²) < 4.78 is 14.5. The van der Waals surface area contributed by atoms with E-state index in [1.165, 1.54) is 4.70 Å². The maximum atomic E-state index is 6.24. The SMILES string of the molecule is CC(C)CCOc1nc2c(/C=C/c3ccc(-c4nc5ccccc5s4)cc3)c(OCCC(C)C)ccc2s1. The van der Waals surface area contributed by atoms with Gasteiger partial charge in [-0.3, -0.25) is 0 Å². The Morgan fingerprint density at radius 2 is 1.47 bits per heavy atom. The lowest BCUT2D eigenvalue weighted by molar-refractivity contribution is 0.288. The molecular weight excluding hydrogens is 508 g/mol. The van der Waals surface area contributed by atoms with Crippen molar-refractivity contribution in [2.24, 2.45) is 11.8 Å². The van der Waals surface area contributed by atoms with Crippen LogP contribution in [0.4, 0.5) is 0 Å². The predicted octanol–water partition coefficient (Wildman–Crippen LogP) is 9.59. The van der Waals surface area contributed by atoms with E-state index in [0.29, 0.717) is 25.0 Å². The summed E-state index contributed by atoms with van der Waals surface area (Å²) in [6.07, 6.45) is 6.27. The number of thiazole rings is 2. The molecule has 0 amide bonds. The van der Waals surface area contributed by atoms with Gasteiger partial charge in [0.1, 0.15) is 10.8 Å². The number of para-hydroxylation sites is 1. The van der Waals surface area contributed by atoms with Gasteiger partial charge in [0.05, 0.1) is 33.6 Å². The number of ether oxygens (including phenoxy) is 2. The monoisotopic (exact) mass is 542 g/mol. The lowest BCUT2D eigenvalue weighted by Crippen LogP contribution is -2.02. The maximum Gasteiger partial charge on any atom is 0.274 e. The number of rotatable bonds is 11. The molecule has 0 fully saturated rings. The molecule has 0 saturated carbocycles. The summed E-state index contributed by atoms with van der Waals surface area (Å²) in [5, 5.41) is 1.76. The van der Waals surface area contributed by atoms with Crippen molar-refractivity contribution in [3.8, 4) is 21.5 Å². The van der Waals surface area contributed by atoms with Crippen LogP contribution in [0.1, 0.15) is 51.7 Å². The van der Waals surface area contributed by atoms with E-state index in [4.69, 9.17) is 19.4 Å². The molecule has 2 heterocycles. The molecule has 0 aliphatic heterocycles. The quantitative estimate of drug-likeness (QED) is 0.156. The van der Waals surface area contributed by atoms with Crippen LogP contribution in [-0.2, 0) is 0 Å². The van der Waals surface area contributed by atoms with Gasteiger partial charge in [0.25, 0.3) is 5.19 Å². The smallest absolute Gasteiger partial charge is 0.274 e. The minimum absolute atomic E-state index is 0.590. The Kier molecular flexibility index (Phi) is 8.40. The standard InChI is InChI=1S/C32H34N2O2S2/c1-21(2)17-19-35-27-15-16-29-30(34-32(38-29)36-20-18-22(3)4)25(27)14-11-23-9-12-24(13-10-23)31-33-26-7-5-6-8-28(26)37-31/h5-16,21-22H,17-20H2,1-4H3/b14-11+. The van der Waals surface area contributed by atoms with Gasteiger partial charge in [-0.05, 0) is 60.6 Å². The van der Waals surface area contributed by atoms with Crippen LogP contribution in [0.3, 0.4) is 0 Å². The van der Waals surface area contributed by atoms with E-state index < -0.39 is 0 Å². The van der Waals surface area contributed by atoms with Gasteiger partial charge in [-0.1, -0.05) is 81.5 Å². The van der Waals surface area contributed by atoms with Crippen LogP contribution in [0, 0.1) is 11.8 Å². The minimum Gasteiger partial charge on any atom is -0.493 e. The second-order valence-electron chi connectivity index (χ2n) is 10.3. The average Bonchev–Trinajstić information content (AvgIpc) is 3.52. The highest BCUT2D eigenvalue weighted by molar-refractivity contribution is 7.21. The van der Waals surface area contributed by atoms with Gasteiger partial charge in [-0.2, -0.15) is 0 Å². The second kappa shape index (κ2) is 12.1. The number of fused-ring (bicyclic) bond motifs is 2. The Balaban J connectivity index is 1.40. The molecule has 196 valence electrons. The largest absolute Gasteiger partial charge is 0.493 e. The summed E-state index contributed by atoms with van der Waals surface area (Å²) in [7, 11) is 0. The number of hydrogen-bond donors (Lipinski definition) is 0. The van der Waals surface area contributed by atoms with Gasteiger partial charge in [0.15, 0.2) is 0 Å². The topological polar surface area (TPSA) is 44.2 Å². The van der Waals surface area contributed by atoms with Crippen LogP contribution < -0.4 is 9.47 Å². The van der Waals surface area contributed by atoms with E-state index in [9.17, 15) is 0 Å². The number of benzene rings is 3. The number of nitrogens with zero attached hydrogens (tertiary/aromatic N) is 2. The fraction of sp³-hybridized carbons (Fsp3) is 0.312. The van der Waals surface area contributed by atoms with Crippen molar-refractivity contribution < 1.29 is 9.47 Å². The molecule has 0 bridgehead atoms. The molecule has 0 aliphatic rings. The molecule has 0 N–H and O–H groups in total. The molecule has 0 unspecified atom stereocenters. The lowest BCUT2D eigenvalue weighted by atomic mass is 10.1. The Bertz CT molecular complexity index is 1500. The summed E-state index contributed by atoms with van der Waals surface area (Å²) in [5.74, 6) is 2.05. The van der Waals surface area contributed by atoms with Crippen LogP contribution in [0.15, 0.2) is 60.7 Å². The van der Waals surface area contributed by atoms with Gasteiger partial charge in [-0.25, -0.2) is 9.97 Å². The maximum absolute atomic E-state index is 6.24. The molecular formula is C32H34N2O2S2. The molecule has 0 aliphatic carbocycles. The van der Waals surface area contributed by atoms with E-state index in [1.54, 1.807) is 22.7 Å². The molecule has 4 nitrogen and oxygen atoms in total. The van der Waals surface area contributed by atoms with Gasteiger partial charge in [0, 0.05) is 11.1 Å². The van der Waals surface area contributed by atoms with Crippen molar-refractivity contribution in [1.29, 1.82) is 0 Å². The predicted molar refractivity (Wildman–Crippen MR) is 164 cm³/mol. The zero-order valence-corrected chi connectivity index (χ0v) is 24.1. The van der Waals surface area contributed by atoms with Crippen molar-refractivity contribution in [3.05, 3.63) is 71.8 Å². The summed E-state index contributed by atoms with van der Waals surface area (Å²) in [6, 6.07) is 21.0. The van der Waals surface area contributed by atoms with E-state index in [-0.39, 0.29) is 0 Å². The van der Waals surface area contributed by atoms with Crippen molar-refractivity contribution >= 4 is 55.3 Å². The summed E-state index contributed by atoms with van der Waals surface area (Å²) in [5.41, 5.74) is 5.22. The Morgan fingerprint density at radius 3 is 2.21 bits per heavy atom. The fourth-order valence-electron chi connectivity index (χ4n) is 4.02. The molecule has 0 spiro atoms. The molecule has 5 rings (SSSR count). The molecule has 0 atom stereocenters. The first-order valence-electron chi connectivity index (χ1n) is 13.3. The molecule has 0 saturated heterocycles. The molecule has 5 aromatic rings. The van der Waals surface area contributed by atoms with Crippen molar-refractivity contribution in [3.63, 3.8) is 0 Å². The zero-order valence-electron chi connectivity index (χ0n) is 22.4. The minimum atomic E-state index is 0.590. The van der Waals surface area contributed by atoms with Crippen LogP contribution in [-0.4, -0.2) is 23.2 Å². The number of hydrogen-bond acceptors (Lipinski definition) is 6. The first-order chi connectivity index (χ1) is 18.5. The molecule has 2 aromatic heterocycles. The second-order valence-corrected chi connectivity index (χ2v) is 12.3. The van der Waals surface area contributed by atoms with Gasteiger partial charge in [-0.15, -0.1) is 11.3 Å².